The van der Waals surface area contributed by atoms with Crippen molar-refractivity contribution in [1.29, 1.82) is 0 Å². The van der Waals surface area contributed by atoms with Gasteiger partial charge in [0, 0.05) is 30.8 Å². The van der Waals surface area contributed by atoms with E-state index < -0.39 is 8.07 Å². The van der Waals surface area contributed by atoms with Crippen LogP contribution in [-0.4, -0.2) is 12.8 Å². The fraction of sp³-hybridized carbons (Fsp3) is 0.545. The number of hydrogen-bond donors (Lipinski definition) is 0. The Hall–Kier alpha value is -3.42. The quantitative estimate of drug-likeness (QED) is 0.0186. The van der Waals surface area contributed by atoms with E-state index in [4.69, 9.17) is 0 Å². The van der Waals surface area contributed by atoms with Gasteiger partial charge in [0.1, 0.15) is 0 Å². The van der Waals surface area contributed by atoms with Crippen LogP contribution < -0.4 is 0 Å². The van der Waals surface area contributed by atoms with Crippen LogP contribution in [0.2, 0.25) is 29.4 Å². The third kappa shape index (κ3) is 25.8. The SMILES string of the molecule is CCCCCCCCCCCCCCCCCCCCCCC=CCCc1ccccc1C1=CC(CCCC)=C(c2cccc(C[Si](C)(C)C)c2)[N+]1=[N-].c1ccc(C[CH2][Pd][CH2]Cc2ccccc2)cc1. The molecule has 0 radical (unpaired) electrons. The number of aryl methyl sites for hydroxylation is 3. The summed E-state index contributed by atoms with van der Waals surface area (Å²) in [7, 11) is -1.24. The van der Waals surface area contributed by atoms with Crippen LogP contribution in [0.4, 0.5) is 0 Å². The van der Waals surface area contributed by atoms with Crippen LogP contribution in [0.25, 0.3) is 16.9 Å². The fourth-order valence-electron chi connectivity index (χ4n) is 9.69. The summed E-state index contributed by atoms with van der Waals surface area (Å²) < 4.78 is 1.49. The second kappa shape index (κ2) is 37.3. The third-order valence-corrected chi connectivity index (χ3v) is 17.0. The van der Waals surface area contributed by atoms with Gasteiger partial charge < -0.3 is 5.53 Å². The zero-order valence-corrected chi connectivity index (χ0v) is 47.8. The molecule has 0 aromatic heterocycles. The van der Waals surface area contributed by atoms with Crippen LogP contribution in [-0.2, 0) is 43.3 Å². The van der Waals surface area contributed by atoms with Gasteiger partial charge in [-0.3, -0.25) is 0 Å². The fourth-order valence-corrected chi connectivity index (χ4v) is 13.0. The van der Waals surface area contributed by atoms with E-state index in [9.17, 15) is 5.53 Å². The Labute approximate surface area is 440 Å². The first-order valence-electron chi connectivity index (χ1n) is 28.6. The summed E-state index contributed by atoms with van der Waals surface area (Å²) >= 11 is 0.891. The molecular formula is C66H98N2PdSi. The van der Waals surface area contributed by atoms with E-state index in [1.54, 1.807) is 0 Å². The van der Waals surface area contributed by atoms with Crippen LogP contribution in [0.15, 0.2) is 133 Å². The summed E-state index contributed by atoms with van der Waals surface area (Å²) in [5.41, 5.74) is 22.8. The van der Waals surface area contributed by atoms with Crippen LogP contribution >= 0.6 is 0 Å². The Bertz CT molecular complexity index is 2020. The molecule has 0 spiro atoms. The van der Waals surface area contributed by atoms with E-state index in [-0.39, 0.29) is 0 Å². The van der Waals surface area contributed by atoms with Gasteiger partial charge in [-0.2, -0.15) is 0 Å². The molecule has 2 nitrogen and oxygen atoms in total. The van der Waals surface area contributed by atoms with Gasteiger partial charge in [-0.05, 0) is 73.9 Å². The van der Waals surface area contributed by atoms with E-state index in [2.05, 4.69) is 161 Å². The second-order valence-electron chi connectivity index (χ2n) is 21.4. The zero-order valence-electron chi connectivity index (χ0n) is 45.3. The van der Waals surface area contributed by atoms with Crippen molar-refractivity contribution in [1.82, 2.24) is 0 Å². The van der Waals surface area contributed by atoms with Crippen LogP contribution in [0.1, 0.15) is 208 Å². The number of unbranched alkanes of at least 4 members (excludes halogenated alkanes) is 21. The van der Waals surface area contributed by atoms with Crippen LogP contribution in [0, 0.1) is 0 Å². The molecule has 4 aromatic rings. The summed E-state index contributed by atoms with van der Waals surface area (Å²) in [4.78, 5) is 2.70. The first kappa shape index (κ1) is 59.1. The van der Waals surface area contributed by atoms with E-state index in [1.165, 1.54) is 190 Å². The molecule has 1 aliphatic rings. The average Bonchev–Trinajstić information content (AvgIpc) is 3.70. The molecular weight excluding hydrogens is 955 g/mol. The Morgan fingerprint density at radius 3 is 1.47 bits per heavy atom. The van der Waals surface area contributed by atoms with Crippen molar-refractivity contribution in [3.63, 3.8) is 0 Å². The first-order valence-corrected chi connectivity index (χ1v) is 34.5. The Morgan fingerprint density at radius 2 is 0.943 bits per heavy atom. The molecule has 0 amide bonds. The van der Waals surface area contributed by atoms with E-state index in [1.807, 2.05) is 0 Å². The van der Waals surface area contributed by atoms with Crippen molar-refractivity contribution in [2.24, 2.45) is 0 Å². The Morgan fingerprint density at radius 1 is 0.471 bits per heavy atom. The van der Waals surface area contributed by atoms with E-state index in [0.29, 0.717) is 0 Å². The van der Waals surface area contributed by atoms with E-state index in [0.717, 1.165) is 78.6 Å². The van der Waals surface area contributed by atoms with Gasteiger partial charge in [-0.15, -0.1) is 0 Å². The molecule has 0 atom stereocenters. The summed E-state index contributed by atoms with van der Waals surface area (Å²) in [6, 6.07) is 40.4. The first-order chi connectivity index (χ1) is 34.3. The summed E-state index contributed by atoms with van der Waals surface area (Å²) in [6.45, 7) is 11.8. The molecule has 70 heavy (non-hydrogen) atoms. The molecule has 0 bridgehead atoms. The molecule has 1 heterocycles. The van der Waals surface area contributed by atoms with Crippen molar-refractivity contribution >= 4 is 19.5 Å². The number of allylic oxidation sites excluding steroid dienone is 4. The molecule has 0 fully saturated rings. The molecule has 386 valence electrons. The number of benzene rings is 4. The minimum absolute atomic E-state index is 0.891. The zero-order chi connectivity index (χ0) is 49.8. The molecule has 0 aliphatic carbocycles. The predicted octanol–water partition coefficient (Wildman–Crippen LogP) is 21.2. The van der Waals surface area contributed by atoms with Crippen LogP contribution in [0.3, 0.4) is 0 Å². The molecule has 0 unspecified atom stereocenters. The number of nitrogens with zero attached hydrogens (tertiary/aromatic N) is 2. The molecule has 5 rings (SSSR count). The predicted molar refractivity (Wildman–Crippen MR) is 308 cm³/mol. The molecule has 4 heteroatoms. The maximum atomic E-state index is 11.7. The molecule has 1 aliphatic heterocycles. The minimum atomic E-state index is -1.24. The molecule has 4 aromatic carbocycles. The van der Waals surface area contributed by atoms with Gasteiger partial charge in [0.15, 0.2) is 0 Å². The van der Waals surface area contributed by atoms with Crippen molar-refractivity contribution in [2.75, 3.05) is 0 Å². The monoisotopic (exact) mass is 1050 g/mol. The average molecular weight is 1050 g/mol. The Balaban J connectivity index is 0.000000522. The van der Waals surface area contributed by atoms with Gasteiger partial charge in [0.05, 0.1) is 0 Å². The van der Waals surface area contributed by atoms with Crippen molar-refractivity contribution in [2.45, 2.75) is 229 Å². The summed E-state index contributed by atoms with van der Waals surface area (Å²) in [5.74, 6) is 0. The number of hydrogen-bond acceptors (Lipinski definition) is 0. The van der Waals surface area contributed by atoms with Crippen molar-refractivity contribution in [3.05, 3.63) is 172 Å². The number of rotatable bonds is 37. The molecule has 0 N–H and O–H groups in total. The third-order valence-electron chi connectivity index (χ3n) is 13.7. The van der Waals surface area contributed by atoms with Gasteiger partial charge >= 0.3 is 112 Å². The van der Waals surface area contributed by atoms with Gasteiger partial charge in [0.25, 0.3) is 0 Å². The maximum absolute atomic E-state index is 11.7. The normalized spacial score (nSPS) is 12.8. The Kier molecular flexibility index (Phi) is 31.6. The van der Waals surface area contributed by atoms with E-state index >= 15 is 0 Å². The van der Waals surface area contributed by atoms with Gasteiger partial charge in [-0.25, -0.2) is 4.70 Å². The summed E-state index contributed by atoms with van der Waals surface area (Å²) in [6.07, 6.45) is 44.7. The van der Waals surface area contributed by atoms with Crippen LogP contribution in [0.5, 0.6) is 0 Å². The topological polar surface area (TPSA) is 25.3 Å². The van der Waals surface area contributed by atoms with Gasteiger partial charge in [0.2, 0.25) is 11.4 Å². The van der Waals surface area contributed by atoms with Gasteiger partial charge in [-0.1, -0.05) is 204 Å². The second-order valence-corrected chi connectivity index (χ2v) is 29.2. The van der Waals surface area contributed by atoms with Crippen molar-refractivity contribution in [3.8, 4) is 0 Å². The standard InChI is InChI=1S/C50H80N2Si.2C8H9.Pd/c1-6-8-10-11-12-13-14-15-16-17-18-19-20-21-22-23-24-25-26-27-28-29-30-31-37-45-38-32-33-40-48(45)49-42-47(36-9-7-2)50(52(49)51)46-39-34-35-44(41-46)43-53(3,4)5;2*1-2-8-6-4-3-5-7-8;/h29-30,32-35,38-42H,6-28,31,36-37,43H2,1-5H3;2*3-7H,1-2H2;. The van der Waals surface area contributed by atoms with Crippen molar-refractivity contribution < 1.29 is 22.7 Å². The summed E-state index contributed by atoms with van der Waals surface area (Å²) in [5, 5.41) is 0. The molecule has 0 saturated carbocycles. The molecule has 0 saturated heterocycles.